The van der Waals surface area contributed by atoms with E-state index in [-0.39, 0.29) is 12.3 Å². The van der Waals surface area contributed by atoms with Crippen molar-refractivity contribution >= 4 is 5.91 Å². The maximum Gasteiger partial charge on any atom is 0.224 e. The van der Waals surface area contributed by atoms with Gasteiger partial charge in [0.15, 0.2) is 0 Å². The summed E-state index contributed by atoms with van der Waals surface area (Å²) in [5, 5.41) is 2.97. The minimum absolute atomic E-state index is 0.0714. The van der Waals surface area contributed by atoms with Crippen molar-refractivity contribution in [3.8, 4) is 17.2 Å². The molecule has 0 saturated carbocycles. The molecule has 2 aromatic carbocycles. The lowest BCUT2D eigenvalue weighted by atomic mass is 10.1. The lowest BCUT2D eigenvalue weighted by Gasteiger charge is -2.31. The van der Waals surface area contributed by atoms with Gasteiger partial charge in [0, 0.05) is 44.0 Å². The number of hydrogen-bond acceptors (Lipinski definition) is 6. The van der Waals surface area contributed by atoms with Gasteiger partial charge in [-0.1, -0.05) is 18.2 Å². The molecule has 0 aliphatic carbocycles. The molecule has 0 radical (unpaired) electrons. The molecule has 0 spiro atoms. The average Bonchev–Trinajstić information content (AvgIpc) is 2.83. The third-order valence-corrected chi connectivity index (χ3v) is 5.76. The van der Waals surface area contributed by atoms with Crippen molar-refractivity contribution in [3.05, 3.63) is 53.6 Å². The van der Waals surface area contributed by atoms with Crippen LogP contribution in [0.3, 0.4) is 0 Å². The van der Waals surface area contributed by atoms with E-state index in [1.165, 1.54) is 0 Å². The maximum atomic E-state index is 12.4. The Hall–Kier alpha value is -2.77. The molecule has 1 fully saturated rings. The van der Waals surface area contributed by atoms with Crippen molar-refractivity contribution in [2.75, 3.05) is 47.6 Å². The average molecular weight is 443 g/mol. The molecule has 1 aliphatic heterocycles. The molecule has 1 aliphatic rings. The summed E-state index contributed by atoms with van der Waals surface area (Å²) in [5.74, 6) is 2.08. The van der Waals surface area contributed by atoms with E-state index in [0.29, 0.717) is 30.7 Å². The molecule has 1 amide bonds. The highest BCUT2D eigenvalue weighted by atomic mass is 16.5. The van der Waals surface area contributed by atoms with E-state index in [4.69, 9.17) is 18.9 Å². The van der Waals surface area contributed by atoms with Gasteiger partial charge in [0.05, 0.1) is 20.6 Å². The molecule has 0 aromatic heterocycles. The number of amides is 1. The smallest absolute Gasteiger partial charge is 0.224 e. The highest BCUT2D eigenvalue weighted by molar-refractivity contribution is 5.79. The molecular weight excluding hydrogens is 408 g/mol. The molecule has 0 unspecified atom stereocenters. The molecule has 2 aromatic rings. The van der Waals surface area contributed by atoms with Crippen LogP contribution in [-0.4, -0.2) is 64.5 Å². The first kappa shape index (κ1) is 23.9. The quantitative estimate of drug-likeness (QED) is 0.577. The van der Waals surface area contributed by atoms with Crippen LogP contribution in [0.1, 0.15) is 24.0 Å². The van der Waals surface area contributed by atoms with Crippen LogP contribution in [0.4, 0.5) is 0 Å². The number of ether oxygens (including phenoxy) is 4. The standard InChI is InChI=1S/C25H34N2O5/c1-27(21-9-12-31-13-10-21)11-14-32-23-6-4-5-19(15-23)18-26-25(28)16-20-7-8-22(29-2)17-24(20)30-3/h4-8,15,17,21H,9-14,16,18H2,1-3H3,(H,26,28). The van der Waals surface area contributed by atoms with Gasteiger partial charge in [0.1, 0.15) is 23.9 Å². The Bertz CT molecular complexity index is 867. The molecule has 0 atom stereocenters. The normalized spacial score (nSPS) is 14.2. The second-order valence-electron chi connectivity index (χ2n) is 7.95. The van der Waals surface area contributed by atoms with Crippen LogP contribution in [-0.2, 0) is 22.5 Å². The Labute approximate surface area is 190 Å². The van der Waals surface area contributed by atoms with Gasteiger partial charge < -0.3 is 24.3 Å². The van der Waals surface area contributed by atoms with Gasteiger partial charge in [-0.05, 0) is 43.7 Å². The first-order chi connectivity index (χ1) is 15.6. The molecule has 3 rings (SSSR count). The van der Waals surface area contributed by atoms with Crippen LogP contribution < -0.4 is 19.5 Å². The van der Waals surface area contributed by atoms with Gasteiger partial charge in [-0.2, -0.15) is 0 Å². The predicted molar refractivity (Wildman–Crippen MR) is 124 cm³/mol. The zero-order chi connectivity index (χ0) is 22.8. The number of likely N-dealkylation sites (N-methyl/N-ethyl adjacent to an activating group) is 1. The lowest BCUT2D eigenvalue weighted by molar-refractivity contribution is -0.120. The summed E-state index contributed by atoms with van der Waals surface area (Å²) in [7, 11) is 5.33. The first-order valence-corrected chi connectivity index (χ1v) is 11.1. The number of nitrogens with one attached hydrogen (secondary N) is 1. The summed E-state index contributed by atoms with van der Waals surface area (Å²) >= 11 is 0. The van der Waals surface area contributed by atoms with Gasteiger partial charge in [0.25, 0.3) is 0 Å². The van der Waals surface area contributed by atoms with Crippen molar-refractivity contribution in [2.24, 2.45) is 0 Å². The Morgan fingerprint density at radius 1 is 1.09 bits per heavy atom. The fourth-order valence-corrected chi connectivity index (χ4v) is 3.80. The molecule has 1 heterocycles. The summed E-state index contributed by atoms with van der Waals surface area (Å²) in [6.07, 6.45) is 2.39. The zero-order valence-corrected chi connectivity index (χ0v) is 19.3. The number of hydrogen-bond donors (Lipinski definition) is 1. The Morgan fingerprint density at radius 2 is 1.91 bits per heavy atom. The molecule has 1 saturated heterocycles. The summed E-state index contributed by atoms with van der Waals surface area (Å²) in [6.45, 7) is 3.62. The fraction of sp³-hybridized carbons (Fsp3) is 0.480. The van der Waals surface area contributed by atoms with Crippen molar-refractivity contribution in [2.45, 2.75) is 31.8 Å². The highest BCUT2D eigenvalue weighted by Crippen LogP contribution is 2.25. The van der Waals surface area contributed by atoms with Crippen molar-refractivity contribution in [3.63, 3.8) is 0 Å². The Morgan fingerprint density at radius 3 is 2.66 bits per heavy atom. The predicted octanol–water partition coefficient (Wildman–Crippen LogP) is 3.05. The van der Waals surface area contributed by atoms with Gasteiger partial charge in [-0.3, -0.25) is 9.69 Å². The largest absolute Gasteiger partial charge is 0.497 e. The number of rotatable bonds is 11. The van der Waals surface area contributed by atoms with Crippen LogP contribution in [0.5, 0.6) is 17.2 Å². The summed E-state index contributed by atoms with van der Waals surface area (Å²) in [4.78, 5) is 14.8. The number of benzene rings is 2. The second kappa shape index (κ2) is 12.3. The Kier molecular flexibility index (Phi) is 9.19. The van der Waals surface area contributed by atoms with Crippen LogP contribution in [0, 0.1) is 0 Å². The molecule has 7 heteroatoms. The van der Waals surface area contributed by atoms with Gasteiger partial charge >= 0.3 is 0 Å². The van der Waals surface area contributed by atoms with E-state index in [9.17, 15) is 4.79 Å². The van der Waals surface area contributed by atoms with E-state index in [1.54, 1.807) is 20.3 Å². The summed E-state index contributed by atoms with van der Waals surface area (Å²) in [6, 6.07) is 13.9. The minimum Gasteiger partial charge on any atom is -0.497 e. The summed E-state index contributed by atoms with van der Waals surface area (Å²) < 4.78 is 22.0. The first-order valence-electron chi connectivity index (χ1n) is 11.1. The third kappa shape index (κ3) is 7.14. The van der Waals surface area contributed by atoms with E-state index < -0.39 is 0 Å². The molecule has 0 bridgehead atoms. The lowest BCUT2D eigenvalue weighted by Crippen LogP contribution is -2.38. The van der Waals surface area contributed by atoms with Crippen molar-refractivity contribution in [1.29, 1.82) is 0 Å². The minimum atomic E-state index is -0.0714. The molecule has 32 heavy (non-hydrogen) atoms. The fourth-order valence-electron chi connectivity index (χ4n) is 3.80. The van der Waals surface area contributed by atoms with Crippen LogP contribution in [0.25, 0.3) is 0 Å². The maximum absolute atomic E-state index is 12.4. The van der Waals surface area contributed by atoms with Gasteiger partial charge in [-0.15, -0.1) is 0 Å². The van der Waals surface area contributed by atoms with E-state index >= 15 is 0 Å². The van der Waals surface area contributed by atoms with E-state index in [2.05, 4.69) is 17.3 Å². The van der Waals surface area contributed by atoms with Crippen LogP contribution in [0.2, 0.25) is 0 Å². The van der Waals surface area contributed by atoms with E-state index in [0.717, 1.165) is 49.5 Å². The van der Waals surface area contributed by atoms with Gasteiger partial charge in [0.2, 0.25) is 5.91 Å². The number of methoxy groups -OCH3 is 2. The molecule has 7 nitrogen and oxygen atoms in total. The highest BCUT2D eigenvalue weighted by Gasteiger charge is 2.18. The van der Waals surface area contributed by atoms with Crippen LogP contribution >= 0.6 is 0 Å². The van der Waals surface area contributed by atoms with E-state index in [1.807, 2.05) is 36.4 Å². The van der Waals surface area contributed by atoms with Crippen molar-refractivity contribution < 1.29 is 23.7 Å². The summed E-state index contributed by atoms with van der Waals surface area (Å²) in [5.41, 5.74) is 1.81. The third-order valence-electron chi connectivity index (χ3n) is 5.76. The van der Waals surface area contributed by atoms with Crippen LogP contribution in [0.15, 0.2) is 42.5 Å². The second-order valence-corrected chi connectivity index (χ2v) is 7.95. The molecular formula is C25H34N2O5. The zero-order valence-electron chi connectivity index (χ0n) is 19.3. The molecule has 174 valence electrons. The monoisotopic (exact) mass is 442 g/mol. The van der Waals surface area contributed by atoms with Crippen molar-refractivity contribution in [1.82, 2.24) is 10.2 Å². The SMILES string of the molecule is COc1ccc(CC(=O)NCc2cccc(OCCN(C)C3CCOCC3)c2)c(OC)c1. The number of carbonyl (C=O) groups excluding carboxylic acids is 1. The molecule has 1 N–H and O–H groups in total. The van der Waals surface area contributed by atoms with Gasteiger partial charge in [-0.25, -0.2) is 0 Å². The number of nitrogens with zero attached hydrogens (tertiary/aromatic N) is 1. The Balaban J connectivity index is 1.44. The topological polar surface area (TPSA) is 69.3 Å². The number of carbonyl (C=O) groups is 1.